The Balaban J connectivity index is 3.73. The molecular formula is C7H13N3O3. The first-order valence-electron chi connectivity index (χ1n) is 3.71. The average Bonchev–Trinajstić information content (AvgIpc) is 2.10. The molecule has 0 rings (SSSR count). The zero-order valence-corrected chi connectivity index (χ0v) is 7.66. The van der Waals surface area contributed by atoms with Crippen LogP contribution in [-0.2, 0) is 9.53 Å². The molecule has 74 valence electrons. The monoisotopic (exact) mass is 187 g/mol. The first-order valence-corrected chi connectivity index (χ1v) is 3.71. The Morgan fingerprint density at radius 3 is 2.54 bits per heavy atom. The SMILES string of the molecule is COC(=O)CCC(C)=NNC(N)=O. The number of nitrogens with two attached hydrogens (primary N) is 1. The van der Waals surface area contributed by atoms with Crippen LogP contribution in [0.5, 0.6) is 0 Å². The highest BCUT2D eigenvalue weighted by Crippen LogP contribution is 1.93. The van der Waals surface area contributed by atoms with Crippen molar-refractivity contribution in [1.82, 2.24) is 5.43 Å². The molecule has 0 bridgehead atoms. The molecule has 0 aromatic rings. The maximum atomic E-state index is 10.7. The first-order chi connectivity index (χ1) is 6.06. The van der Waals surface area contributed by atoms with E-state index in [1.807, 2.05) is 0 Å². The van der Waals surface area contributed by atoms with Gasteiger partial charge in [0, 0.05) is 5.71 Å². The zero-order chi connectivity index (χ0) is 10.3. The van der Waals surface area contributed by atoms with E-state index < -0.39 is 6.03 Å². The third-order valence-corrected chi connectivity index (χ3v) is 1.28. The molecule has 0 aliphatic rings. The van der Waals surface area contributed by atoms with Crippen LogP contribution >= 0.6 is 0 Å². The Labute approximate surface area is 76.1 Å². The van der Waals surface area contributed by atoms with Crippen LogP contribution < -0.4 is 11.2 Å². The number of hydrogen-bond donors (Lipinski definition) is 2. The van der Waals surface area contributed by atoms with Gasteiger partial charge in [-0.3, -0.25) is 4.79 Å². The Morgan fingerprint density at radius 2 is 2.08 bits per heavy atom. The number of ether oxygens (including phenoxy) is 1. The van der Waals surface area contributed by atoms with Crippen LogP contribution in [-0.4, -0.2) is 24.8 Å². The van der Waals surface area contributed by atoms with Crippen molar-refractivity contribution in [3.05, 3.63) is 0 Å². The lowest BCUT2D eigenvalue weighted by atomic mass is 10.2. The summed E-state index contributed by atoms with van der Waals surface area (Å²) in [6, 6.07) is -0.725. The molecule has 0 atom stereocenters. The number of rotatable bonds is 4. The Morgan fingerprint density at radius 1 is 1.46 bits per heavy atom. The molecule has 6 nitrogen and oxygen atoms in total. The zero-order valence-electron chi connectivity index (χ0n) is 7.66. The molecule has 13 heavy (non-hydrogen) atoms. The lowest BCUT2D eigenvalue weighted by Crippen LogP contribution is -2.25. The minimum atomic E-state index is -0.725. The minimum Gasteiger partial charge on any atom is -0.469 e. The van der Waals surface area contributed by atoms with E-state index in [1.165, 1.54) is 7.11 Å². The second-order valence-corrected chi connectivity index (χ2v) is 2.40. The second-order valence-electron chi connectivity index (χ2n) is 2.40. The van der Waals surface area contributed by atoms with Crippen molar-refractivity contribution < 1.29 is 14.3 Å². The van der Waals surface area contributed by atoms with Gasteiger partial charge in [0.2, 0.25) is 0 Å². The molecule has 0 heterocycles. The Bertz CT molecular complexity index is 225. The van der Waals surface area contributed by atoms with Gasteiger partial charge >= 0.3 is 12.0 Å². The minimum absolute atomic E-state index is 0.242. The third-order valence-electron chi connectivity index (χ3n) is 1.28. The number of nitrogens with one attached hydrogen (secondary N) is 1. The predicted octanol–water partition coefficient (Wildman–Crippen LogP) is -0.0162. The number of amides is 2. The molecule has 0 aromatic carbocycles. The second kappa shape index (κ2) is 5.99. The van der Waals surface area contributed by atoms with Crippen LogP contribution in [0.25, 0.3) is 0 Å². The molecule has 0 spiro atoms. The summed E-state index contributed by atoms with van der Waals surface area (Å²) >= 11 is 0. The van der Waals surface area contributed by atoms with E-state index in [9.17, 15) is 9.59 Å². The van der Waals surface area contributed by atoms with Crippen molar-refractivity contribution in [3.63, 3.8) is 0 Å². The molecule has 0 fully saturated rings. The molecule has 0 radical (unpaired) electrons. The summed E-state index contributed by atoms with van der Waals surface area (Å²) in [5.41, 5.74) is 7.45. The summed E-state index contributed by atoms with van der Waals surface area (Å²) in [5, 5.41) is 3.61. The average molecular weight is 187 g/mol. The summed E-state index contributed by atoms with van der Waals surface area (Å²) < 4.78 is 4.42. The van der Waals surface area contributed by atoms with E-state index in [1.54, 1.807) is 6.92 Å². The molecular weight excluding hydrogens is 174 g/mol. The van der Waals surface area contributed by atoms with Crippen molar-refractivity contribution in [2.45, 2.75) is 19.8 Å². The topological polar surface area (TPSA) is 93.8 Å². The molecule has 6 heteroatoms. The molecule has 0 aliphatic carbocycles. The van der Waals surface area contributed by atoms with Gasteiger partial charge in [-0.1, -0.05) is 0 Å². The van der Waals surface area contributed by atoms with Gasteiger partial charge < -0.3 is 10.5 Å². The fourth-order valence-electron chi connectivity index (χ4n) is 0.591. The summed E-state index contributed by atoms with van der Waals surface area (Å²) in [6.07, 6.45) is 0.680. The molecule has 0 aromatic heterocycles. The number of carbonyl (C=O) groups is 2. The van der Waals surface area contributed by atoms with Crippen molar-refractivity contribution in [1.29, 1.82) is 0 Å². The van der Waals surface area contributed by atoms with Crippen molar-refractivity contribution in [3.8, 4) is 0 Å². The van der Waals surface area contributed by atoms with E-state index in [4.69, 9.17) is 5.73 Å². The van der Waals surface area contributed by atoms with Gasteiger partial charge in [-0.2, -0.15) is 5.10 Å². The van der Waals surface area contributed by atoms with Crippen LogP contribution in [0.2, 0.25) is 0 Å². The molecule has 3 N–H and O–H groups in total. The smallest absolute Gasteiger partial charge is 0.332 e. The lowest BCUT2D eigenvalue weighted by Gasteiger charge is -1.99. The normalized spacial score (nSPS) is 10.8. The first kappa shape index (κ1) is 11.4. The van der Waals surface area contributed by atoms with Crippen molar-refractivity contribution >= 4 is 17.7 Å². The third kappa shape index (κ3) is 6.79. The molecule has 0 saturated heterocycles. The largest absolute Gasteiger partial charge is 0.469 e. The molecule has 0 saturated carbocycles. The van der Waals surface area contributed by atoms with Crippen molar-refractivity contribution in [2.24, 2.45) is 10.8 Å². The van der Waals surface area contributed by atoms with Crippen LogP contribution in [0.4, 0.5) is 4.79 Å². The van der Waals surface area contributed by atoms with Gasteiger partial charge in [-0.15, -0.1) is 0 Å². The van der Waals surface area contributed by atoms with E-state index in [2.05, 4.69) is 15.3 Å². The Kier molecular flexibility index (Phi) is 5.25. The van der Waals surface area contributed by atoms with Crippen molar-refractivity contribution in [2.75, 3.05) is 7.11 Å². The highest BCUT2D eigenvalue weighted by molar-refractivity contribution is 5.86. The van der Waals surface area contributed by atoms with E-state index >= 15 is 0 Å². The quantitative estimate of drug-likeness (QED) is 0.368. The number of carbonyl (C=O) groups excluding carboxylic acids is 2. The maximum absolute atomic E-state index is 10.7. The van der Waals surface area contributed by atoms with Crippen LogP contribution in [0.3, 0.4) is 0 Å². The van der Waals surface area contributed by atoms with Gasteiger partial charge in [0.05, 0.1) is 13.5 Å². The van der Waals surface area contributed by atoms with Gasteiger partial charge in [-0.05, 0) is 13.3 Å². The summed E-state index contributed by atoms with van der Waals surface area (Å²) in [7, 11) is 1.32. The van der Waals surface area contributed by atoms with E-state index in [-0.39, 0.29) is 12.4 Å². The fraction of sp³-hybridized carbons (Fsp3) is 0.571. The molecule has 0 unspecified atom stereocenters. The molecule has 2 amide bonds. The number of hydrazone groups is 1. The number of esters is 1. The highest BCUT2D eigenvalue weighted by atomic mass is 16.5. The van der Waals surface area contributed by atoms with Gasteiger partial charge in [-0.25, -0.2) is 10.2 Å². The van der Waals surface area contributed by atoms with Crippen LogP contribution in [0.15, 0.2) is 5.10 Å². The maximum Gasteiger partial charge on any atom is 0.332 e. The predicted molar refractivity (Wildman–Crippen MR) is 47.1 cm³/mol. The van der Waals surface area contributed by atoms with E-state index in [0.29, 0.717) is 12.1 Å². The highest BCUT2D eigenvalue weighted by Gasteiger charge is 2.01. The van der Waals surface area contributed by atoms with Gasteiger partial charge in [0.25, 0.3) is 0 Å². The number of hydrogen-bond acceptors (Lipinski definition) is 4. The number of urea groups is 1. The summed E-state index contributed by atoms with van der Waals surface area (Å²) in [4.78, 5) is 20.9. The number of nitrogens with zero attached hydrogens (tertiary/aromatic N) is 1. The lowest BCUT2D eigenvalue weighted by molar-refractivity contribution is -0.140. The summed E-state index contributed by atoms with van der Waals surface area (Å²) in [6.45, 7) is 1.68. The summed E-state index contributed by atoms with van der Waals surface area (Å²) in [5.74, 6) is -0.311. The standard InChI is InChI=1S/C7H13N3O3/c1-5(9-10-7(8)12)3-4-6(11)13-2/h3-4H2,1-2H3,(H3,8,10,12). The van der Waals surface area contributed by atoms with E-state index in [0.717, 1.165) is 0 Å². The molecule has 0 aliphatic heterocycles. The number of methoxy groups -OCH3 is 1. The number of primary amides is 1. The van der Waals surface area contributed by atoms with Crippen LogP contribution in [0, 0.1) is 0 Å². The fourth-order valence-corrected chi connectivity index (χ4v) is 0.591. The Hall–Kier alpha value is -1.59. The van der Waals surface area contributed by atoms with Gasteiger partial charge in [0.1, 0.15) is 0 Å². The van der Waals surface area contributed by atoms with Gasteiger partial charge in [0.15, 0.2) is 0 Å². The van der Waals surface area contributed by atoms with Crippen LogP contribution in [0.1, 0.15) is 19.8 Å².